The normalized spacial score (nSPS) is 23.8. The molecule has 2 rings (SSSR count). The van der Waals surface area contributed by atoms with E-state index < -0.39 is 0 Å². The summed E-state index contributed by atoms with van der Waals surface area (Å²) in [6, 6.07) is 0. The lowest BCUT2D eigenvalue weighted by molar-refractivity contribution is 0.312. The highest BCUT2D eigenvalue weighted by molar-refractivity contribution is 5.08. The van der Waals surface area contributed by atoms with Gasteiger partial charge in [-0.3, -0.25) is 0 Å². The second-order valence-corrected chi connectivity index (χ2v) is 7.18. The lowest BCUT2D eigenvalue weighted by Crippen LogP contribution is -2.35. The topological polar surface area (TPSA) is 37.8 Å². The first-order valence-corrected chi connectivity index (χ1v) is 8.04. The van der Waals surface area contributed by atoms with Crippen molar-refractivity contribution in [2.75, 3.05) is 0 Å². The highest BCUT2D eigenvalue weighted by Gasteiger charge is 2.23. The van der Waals surface area contributed by atoms with Crippen molar-refractivity contribution in [2.24, 2.45) is 5.92 Å². The van der Waals surface area contributed by atoms with Gasteiger partial charge in [0.15, 0.2) is 0 Å². The Morgan fingerprint density at radius 1 is 1.10 bits per heavy atom. The Labute approximate surface area is 123 Å². The highest BCUT2D eigenvalue weighted by atomic mass is 15.0. The van der Waals surface area contributed by atoms with Gasteiger partial charge in [0, 0.05) is 36.0 Å². The summed E-state index contributed by atoms with van der Waals surface area (Å²) in [6.45, 7) is 9.67. The minimum atomic E-state index is 0.136. The molecule has 0 amide bonds. The maximum absolute atomic E-state index is 4.60. The van der Waals surface area contributed by atoms with E-state index in [4.69, 9.17) is 0 Å². The van der Waals surface area contributed by atoms with Crippen LogP contribution < -0.4 is 5.32 Å². The van der Waals surface area contributed by atoms with Crippen LogP contribution in [0.15, 0.2) is 12.4 Å². The van der Waals surface area contributed by atoms with Crippen LogP contribution >= 0.6 is 0 Å². The van der Waals surface area contributed by atoms with Crippen LogP contribution in [0.4, 0.5) is 0 Å². The molecular formula is C17H29N3. The smallest absolute Gasteiger partial charge is 0.131 e. The molecule has 0 unspecified atom stereocenters. The van der Waals surface area contributed by atoms with Crippen molar-refractivity contribution in [3.05, 3.63) is 23.8 Å². The summed E-state index contributed by atoms with van der Waals surface area (Å²) >= 11 is 0. The summed E-state index contributed by atoms with van der Waals surface area (Å²) in [6.07, 6.45) is 10.5. The molecule has 1 N–H and O–H groups in total. The van der Waals surface area contributed by atoms with E-state index in [0.717, 1.165) is 18.3 Å². The largest absolute Gasteiger partial charge is 0.308 e. The van der Waals surface area contributed by atoms with Crippen LogP contribution in [0, 0.1) is 5.92 Å². The van der Waals surface area contributed by atoms with E-state index in [9.17, 15) is 0 Å². The number of aromatic nitrogens is 2. The molecule has 1 fully saturated rings. The second-order valence-electron chi connectivity index (χ2n) is 7.18. The van der Waals surface area contributed by atoms with E-state index >= 15 is 0 Å². The third kappa shape index (κ3) is 4.55. The Hall–Kier alpha value is -0.960. The molecule has 20 heavy (non-hydrogen) atoms. The Balaban J connectivity index is 1.88. The summed E-state index contributed by atoms with van der Waals surface area (Å²) in [5.41, 5.74) is 1.31. The Morgan fingerprint density at radius 2 is 1.70 bits per heavy atom. The van der Waals surface area contributed by atoms with Gasteiger partial charge >= 0.3 is 0 Å². The number of nitrogens with zero attached hydrogens (tertiary/aromatic N) is 2. The van der Waals surface area contributed by atoms with E-state index in [1.54, 1.807) is 0 Å². The molecule has 0 saturated heterocycles. The van der Waals surface area contributed by atoms with Gasteiger partial charge in [-0.15, -0.1) is 0 Å². The lowest BCUT2D eigenvalue weighted by atomic mass is 9.80. The number of nitrogens with one attached hydrogen (secondary N) is 1. The molecule has 0 bridgehead atoms. The SMILES string of the molecule is CCC1CCC(c2ncc(CNC(C)(C)C)cn2)CC1. The average Bonchev–Trinajstić information content (AvgIpc) is 2.45. The minimum absolute atomic E-state index is 0.136. The molecule has 3 nitrogen and oxygen atoms in total. The standard InChI is InChI=1S/C17H29N3/c1-5-13-6-8-15(9-7-13)16-18-10-14(11-19-16)12-20-17(2,3)4/h10-11,13,15,20H,5-9,12H2,1-4H3. The van der Waals surface area contributed by atoms with Crippen LogP contribution in [-0.2, 0) is 6.54 Å². The fraction of sp³-hybridized carbons (Fsp3) is 0.765. The average molecular weight is 275 g/mol. The van der Waals surface area contributed by atoms with Gasteiger partial charge in [0.25, 0.3) is 0 Å². The first-order chi connectivity index (χ1) is 9.48. The van der Waals surface area contributed by atoms with Crippen LogP contribution in [0.2, 0.25) is 0 Å². The Bertz CT molecular complexity index is 397. The third-order valence-corrected chi connectivity index (χ3v) is 4.34. The molecule has 1 aliphatic rings. The van der Waals surface area contributed by atoms with Gasteiger partial charge in [-0.05, 0) is 52.4 Å². The van der Waals surface area contributed by atoms with Gasteiger partial charge < -0.3 is 5.32 Å². The van der Waals surface area contributed by atoms with Crippen molar-refractivity contribution in [3.63, 3.8) is 0 Å². The van der Waals surface area contributed by atoms with Crippen molar-refractivity contribution in [1.29, 1.82) is 0 Å². The fourth-order valence-corrected chi connectivity index (χ4v) is 2.86. The van der Waals surface area contributed by atoms with Gasteiger partial charge in [-0.1, -0.05) is 13.3 Å². The maximum Gasteiger partial charge on any atom is 0.131 e. The molecule has 1 aromatic rings. The molecule has 0 aliphatic heterocycles. The van der Waals surface area contributed by atoms with Gasteiger partial charge in [-0.25, -0.2) is 9.97 Å². The Kier molecular flexibility index (Phi) is 5.14. The minimum Gasteiger partial charge on any atom is -0.308 e. The Morgan fingerprint density at radius 3 is 2.20 bits per heavy atom. The van der Waals surface area contributed by atoms with Crippen molar-refractivity contribution in [1.82, 2.24) is 15.3 Å². The number of hydrogen-bond donors (Lipinski definition) is 1. The van der Waals surface area contributed by atoms with Crippen LogP contribution in [-0.4, -0.2) is 15.5 Å². The monoisotopic (exact) mass is 275 g/mol. The highest BCUT2D eigenvalue weighted by Crippen LogP contribution is 2.35. The molecule has 112 valence electrons. The molecule has 1 saturated carbocycles. The predicted molar refractivity (Wildman–Crippen MR) is 83.6 cm³/mol. The molecule has 0 radical (unpaired) electrons. The van der Waals surface area contributed by atoms with Crippen molar-refractivity contribution in [2.45, 2.75) is 77.8 Å². The predicted octanol–water partition coefficient (Wildman–Crippen LogP) is 4.05. The molecule has 0 spiro atoms. The zero-order valence-corrected chi connectivity index (χ0v) is 13.4. The third-order valence-electron chi connectivity index (χ3n) is 4.34. The van der Waals surface area contributed by atoms with E-state index in [1.807, 2.05) is 12.4 Å². The van der Waals surface area contributed by atoms with Gasteiger partial charge in [-0.2, -0.15) is 0 Å². The second kappa shape index (κ2) is 6.66. The number of hydrogen-bond acceptors (Lipinski definition) is 3. The van der Waals surface area contributed by atoms with Crippen LogP contribution in [0.25, 0.3) is 0 Å². The van der Waals surface area contributed by atoms with Gasteiger partial charge in [0.2, 0.25) is 0 Å². The van der Waals surface area contributed by atoms with Crippen LogP contribution in [0.3, 0.4) is 0 Å². The maximum atomic E-state index is 4.60. The molecule has 0 aromatic carbocycles. The fourth-order valence-electron chi connectivity index (χ4n) is 2.86. The summed E-state index contributed by atoms with van der Waals surface area (Å²) < 4.78 is 0. The molecular weight excluding hydrogens is 246 g/mol. The zero-order chi connectivity index (χ0) is 14.6. The molecule has 3 heteroatoms. The summed E-state index contributed by atoms with van der Waals surface area (Å²) in [5.74, 6) is 2.57. The van der Waals surface area contributed by atoms with Crippen LogP contribution in [0.5, 0.6) is 0 Å². The first kappa shape index (κ1) is 15.4. The van der Waals surface area contributed by atoms with E-state index in [-0.39, 0.29) is 5.54 Å². The molecule has 0 atom stereocenters. The van der Waals surface area contributed by atoms with Crippen molar-refractivity contribution < 1.29 is 0 Å². The first-order valence-electron chi connectivity index (χ1n) is 8.04. The van der Waals surface area contributed by atoms with Crippen molar-refractivity contribution >= 4 is 0 Å². The van der Waals surface area contributed by atoms with Gasteiger partial charge in [0.05, 0.1) is 0 Å². The quantitative estimate of drug-likeness (QED) is 0.901. The zero-order valence-electron chi connectivity index (χ0n) is 13.4. The summed E-state index contributed by atoms with van der Waals surface area (Å²) in [5, 5.41) is 3.47. The summed E-state index contributed by atoms with van der Waals surface area (Å²) in [4.78, 5) is 9.21. The molecule has 1 aliphatic carbocycles. The molecule has 1 heterocycles. The van der Waals surface area contributed by atoms with Crippen molar-refractivity contribution in [3.8, 4) is 0 Å². The van der Waals surface area contributed by atoms with E-state index in [1.165, 1.54) is 37.7 Å². The summed E-state index contributed by atoms with van der Waals surface area (Å²) in [7, 11) is 0. The lowest BCUT2D eigenvalue weighted by Gasteiger charge is -2.26. The van der Waals surface area contributed by atoms with Crippen LogP contribution in [0.1, 0.15) is 77.1 Å². The molecule has 1 aromatic heterocycles. The van der Waals surface area contributed by atoms with E-state index in [0.29, 0.717) is 5.92 Å². The van der Waals surface area contributed by atoms with Gasteiger partial charge in [0.1, 0.15) is 5.82 Å². The number of rotatable bonds is 4. The van der Waals surface area contributed by atoms with E-state index in [2.05, 4.69) is 43.0 Å².